The summed E-state index contributed by atoms with van der Waals surface area (Å²) in [5.41, 5.74) is 1.15. The zero-order valence-electron chi connectivity index (χ0n) is 20.0. The lowest BCUT2D eigenvalue weighted by atomic mass is 9.87. The summed E-state index contributed by atoms with van der Waals surface area (Å²) in [5, 5.41) is 8.31. The molecule has 0 aliphatic carbocycles. The SMILES string of the molecule is CC[C@]1(c2ccccc2)NC(=O)N(CC(=O)Nc2ccccc2C(=O)NCCc2ccccc2)C1=O. The third-order valence-corrected chi connectivity index (χ3v) is 6.26. The van der Waals surface area contributed by atoms with Crippen molar-refractivity contribution in [2.75, 3.05) is 18.4 Å². The molecule has 4 rings (SSSR count). The van der Waals surface area contributed by atoms with Gasteiger partial charge in [-0.15, -0.1) is 0 Å². The molecule has 8 heteroatoms. The van der Waals surface area contributed by atoms with E-state index in [4.69, 9.17) is 0 Å². The van der Waals surface area contributed by atoms with Crippen molar-refractivity contribution >= 4 is 29.4 Å². The molecule has 0 saturated carbocycles. The van der Waals surface area contributed by atoms with E-state index in [1.807, 2.05) is 36.4 Å². The molecule has 8 nitrogen and oxygen atoms in total. The van der Waals surface area contributed by atoms with Gasteiger partial charge in [-0.25, -0.2) is 4.79 Å². The number of imide groups is 1. The van der Waals surface area contributed by atoms with Crippen LogP contribution in [0.2, 0.25) is 0 Å². The van der Waals surface area contributed by atoms with Gasteiger partial charge in [-0.1, -0.05) is 79.7 Å². The lowest BCUT2D eigenvalue weighted by Gasteiger charge is -2.25. The first-order valence-electron chi connectivity index (χ1n) is 11.8. The van der Waals surface area contributed by atoms with E-state index in [9.17, 15) is 19.2 Å². The van der Waals surface area contributed by atoms with Crippen molar-refractivity contribution in [2.45, 2.75) is 25.3 Å². The molecule has 184 valence electrons. The smallest absolute Gasteiger partial charge is 0.325 e. The van der Waals surface area contributed by atoms with Crippen LogP contribution < -0.4 is 16.0 Å². The molecule has 36 heavy (non-hydrogen) atoms. The number of rotatable bonds is 9. The van der Waals surface area contributed by atoms with Crippen molar-refractivity contribution < 1.29 is 19.2 Å². The van der Waals surface area contributed by atoms with Gasteiger partial charge in [0.25, 0.3) is 11.8 Å². The largest absolute Gasteiger partial charge is 0.352 e. The highest BCUT2D eigenvalue weighted by Gasteiger charge is 2.51. The van der Waals surface area contributed by atoms with Crippen LogP contribution in [0.15, 0.2) is 84.9 Å². The van der Waals surface area contributed by atoms with Crippen LogP contribution >= 0.6 is 0 Å². The summed E-state index contributed by atoms with van der Waals surface area (Å²) in [5.74, 6) is -1.39. The molecule has 1 atom stereocenters. The third kappa shape index (κ3) is 5.12. The number of benzene rings is 3. The Hall–Kier alpha value is -4.46. The van der Waals surface area contributed by atoms with E-state index in [1.165, 1.54) is 0 Å². The van der Waals surface area contributed by atoms with E-state index < -0.39 is 29.9 Å². The Morgan fingerprint density at radius 3 is 2.22 bits per heavy atom. The number of amides is 5. The summed E-state index contributed by atoms with van der Waals surface area (Å²) in [6.45, 7) is 1.77. The number of carbonyl (C=O) groups is 4. The summed E-state index contributed by atoms with van der Waals surface area (Å²) >= 11 is 0. The second-order valence-electron chi connectivity index (χ2n) is 8.53. The zero-order chi connectivity index (χ0) is 25.5. The maximum Gasteiger partial charge on any atom is 0.325 e. The lowest BCUT2D eigenvalue weighted by Crippen LogP contribution is -2.44. The fraction of sp³-hybridized carbons (Fsp3) is 0.214. The molecular formula is C28H28N4O4. The second kappa shape index (κ2) is 10.9. The predicted octanol–water partition coefficient (Wildman–Crippen LogP) is 3.45. The number of urea groups is 1. The minimum Gasteiger partial charge on any atom is -0.352 e. The summed E-state index contributed by atoms with van der Waals surface area (Å²) < 4.78 is 0. The first-order chi connectivity index (χ1) is 17.4. The first-order valence-corrected chi connectivity index (χ1v) is 11.8. The van der Waals surface area contributed by atoms with Crippen LogP contribution in [0.1, 0.15) is 34.8 Å². The molecule has 5 amide bonds. The van der Waals surface area contributed by atoms with Crippen molar-refractivity contribution in [3.8, 4) is 0 Å². The van der Waals surface area contributed by atoms with Crippen LogP contribution in [0.25, 0.3) is 0 Å². The highest BCUT2D eigenvalue weighted by atomic mass is 16.2. The number of nitrogens with one attached hydrogen (secondary N) is 3. The minimum absolute atomic E-state index is 0.295. The number of hydrogen-bond donors (Lipinski definition) is 3. The average molecular weight is 485 g/mol. The van der Waals surface area contributed by atoms with Crippen molar-refractivity contribution in [3.63, 3.8) is 0 Å². The monoisotopic (exact) mass is 484 g/mol. The molecule has 3 aromatic carbocycles. The van der Waals surface area contributed by atoms with Gasteiger partial charge < -0.3 is 16.0 Å². The summed E-state index contributed by atoms with van der Waals surface area (Å²) in [7, 11) is 0. The van der Waals surface area contributed by atoms with Gasteiger partial charge in [-0.2, -0.15) is 0 Å². The number of anilines is 1. The Labute approximate surface area is 209 Å². The lowest BCUT2D eigenvalue weighted by molar-refractivity contribution is -0.134. The van der Waals surface area contributed by atoms with Crippen LogP contribution in [0.4, 0.5) is 10.5 Å². The first kappa shape index (κ1) is 24.7. The van der Waals surface area contributed by atoms with Crippen LogP contribution in [-0.2, 0) is 21.5 Å². The molecule has 3 aromatic rings. The molecule has 1 aliphatic heterocycles. The van der Waals surface area contributed by atoms with Crippen molar-refractivity contribution in [2.24, 2.45) is 0 Å². The molecule has 3 N–H and O–H groups in total. The summed E-state index contributed by atoms with van der Waals surface area (Å²) in [6, 6.07) is 24.7. The molecule has 1 saturated heterocycles. The molecule has 0 bridgehead atoms. The average Bonchev–Trinajstić information content (AvgIpc) is 3.15. The number of para-hydroxylation sites is 1. The van der Waals surface area contributed by atoms with Gasteiger partial charge in [-0.3, -0.25) is 19.3 Å². The summed E-state index contributed by atoms with van der Waals surface area (Å²) in [6.07, 6.45) is 1.01. The maximum absolute atomic E-state index is 13.3. The molecule has 0 spiro atoms. The van der Waals surface area contributed by atoms with E-state index in [1.54, 1.807) is 55.5 Å². The highest BCUT2D eigenvalue weighted by Crippen LogP contribution is 2.32. The van der Waals surface area contributed by atoms with E-state index in [2.05, 4.69) is 16.0 Å². The maximum atomic E-state index is 13.3. The standard InChI is InChI=1S/C28H28N4O4/c1-2-28(21-13-7-4-8-14-21)26(35)32(27(36)31-28)19-24(33)30-23-16-10-9-15-22(23)25(34)29-18-17-20-11-5-3-6-12-20/h3-16H,2,17-19H2,1H3,(H,29,34)(H,30,33)(H,31,36)/t28-/m1/s1. The van der Waals surface area contributed by atoms with Gasteiger partial charge in [0.05, 0.1) is 11.3 Å². The van der Waals surface area contributed by atoms with Crippen LogP contribution in [0.3, 0.4) is 0 Å². The fourth-order valence-electron chi connectivity index (χ4n) is 4.32. The van der Waals surface area contributed by atoms with E-state index in [0.717, 1.165) is 10.5 Å². The van der Waals surface area contributed by atoms with Crippen molar-refractivity contribution in [3.05, 3.63) is 102 Å². The second-order valence-corrected chi connectivity index (χ2v) is 8.53. The highest BCUT2D eigenvalue weighted by molar-refractivity contribution is 6.11. The molecule has 1 fully saturated rings. The number of nitrogens with zero attached hydrogens (tertiary/aromatic N) is 1. The third-order valence-electron chi connectivity index (χ3n) is 6.26. The van der Waals surface area contributed by atoms with Crippen molar-refractivity contribution in [1.29, 1.82) is 0 Å². The molecular weight excluding hydrogens is 456 g/mol. The molecule has 0 aromatic heterocycles. The number of hydrogen-bond acceptors (Lipinski definition) is 4. The van der Waals surface area contributed by atoms with E-state index >= 15 is 0 Å². The van der Waals surface area contributed by atoms with Crippen molar-refractivity contribution in [1.82, 2.24) is 15.5 Å². The van der Waals surface area contributed by atoms with Gasteiger partial charge in [0.2, 0.25) is 5.91 Å². The van der Waals surface area contributed by atoms with E-state index in [0.29, 0.717) is 36.2 Å². The Bertz CT molecular complexity index is 1260. The molecule has 0 radical (unpaired) electrons. The van der Waals surface area contributed by atoms with Gasteiger partial charge in [0.15, 0.2) is 0 Å². The predicted molar refractivity (Wildman–Crippen MR) is 136 cm³/mol. The van der Waals surface area contributed by atoms with E-state index in [-0.39, 0.29) is 5.91 Å². The number of carbonyl (C=O) groups excluding carboxylic acids is 4. The Kier molecular flexibility index (Phi) is 7.44. The Morgan fingerprint density at radius 1 is 0.889 bits per heavy atom. The topological polar surface area (TPSA) is 108 Å². The Morgan fingerprint density at radius 2 is 1.53 bits per heavy atom. The van der Waals surface area contributed by atoms with Gasteiger partial charge >= 0.3 is 6.03 Å². The van der Waals surface area contributed by atoms with Crippen LogP contribution in [0, 0.1) is 0 Å². The minimum atomic E-state index is -1.21. The summed E-state index contributed by atoms with van der Waals surface area (Å²) in [4.78, 5) is 52.5. The van der Waals surface area contributed by atoms with Gasteiger partial charge in [0, 0.05) is 6.54 Å². The quantitative estimate of drug-likeness (QED) is 0.404. The van der Waals surface area contributed by atoms with Gasteiger partial charge in [-0.05, 0) is 36.1 Å². The van der Waals surface area contributed by atoms with Gasteiger partial charge in [0.1, 0.15) is 12.1 Å². The fourth-order valence-corrected chi connectivity index (χ4v) is 4.32. The van der Waals surface area contributed by atoms with Crippen LogP contribution in [-0.4, -0.2) is 41.7 Å². The van der Waals surface area contributed by atoms with Crippen LogP contribution in [0.5, 0.6) is 0 Å². The Balaban J connectivity index is 1.41. The molecule has 1 heterocycles. The molecule has 1 aliphatic rings. The molecule has 0 unspecified atom stereocenters. The normalized spacial score (nSPS) is 17.0. The zero-order valence-corrected chi connectivity index (χ0v) is 20.0.